The normalized spacial score (nSPS) is 26.2. The van der Waals surface area contributed by atoms with Gasteiger partial charge in [0.15, 0.2) is 0 Å². The Bertz CT molecular complexity index is 182. The van der Waals surface area contributed by atoms with Crippen molar-refractivity contribution in [1.82, 2.24) is 4.90 Å². The van der Waals surface area contributed by atoms with Crippen molar-refractivity contribution in [3.8, 4) is 0 Å². The molecule has 16 heavy (non-hydrogen) atoms. The summed E-state index contributed by atoms with van der Waals surface area (Å²) in [5.74, 6) is 0. The summed E-state index contributed by atoms with van der Waals surface area (Å²) in [4.78, 5) is 2.41. The summed E-state index contributed by atoms with van der Waals surface area (Å²) in [6.45, 7) is 8.46. The highest BCUT2D eigenvalue weighted by molar-refractivity contribution is 4.86. The molecule has 4 heteroatoms. The molecule has 1 saturated heterocycles. The van der Waals surface area contributed by atoms with Gasteiger partial charge in [-0.25, -0.2) is 0 Å². The number of nitrogens with zero attached hydrogens (tertiary/aromatic N) is 1. The second-order valence-electron chi connectivity index (χ2n) is 4.72. The monoisotopic (exact) mass is 230 g/mol. The van der Waals surface area contributed by atoms with E-state index in [9.17, 15) is 0 Å². The minimum absolute atomic E-state index is 0.169. The lowest BCUT2D eigenvalue weighted by Crippen LogP contribution is -2.48. The predicted molar refractivity (Wildman–Crippen MR) is 65.5 cm³/mol. The molecule has 1 rings (SSSR count). The van der Waals surface area contributed by atoms with Crippen LogP contribution in [0.15, 0.2) is 0 Å². The Hall–Kier alpha value is -0.160. The third-order valence-electron chi connectivity index (χ3n) is 3.45. The fourth-order valence-electron chi connectivity index (χ4n) is 2.30. The van der Waals surface area contributed by atoms with Gasteiger partial charge in [0, 0.05) is 38.8 Å². The van der Waals surface area contributed by atoms with Crippen LogP contribution in [0.3, 0.4) is 0 Å². The van der Waals surface area contributed by atoms with Gasteiger partial charge in [0.25, 0.3) is 0 Å². The minimum atomic E-state index is 0.169. The van der Waals surface area contributed by atoms with Gasteiger partial charge in [-0.15, -0.1) is 0 Å². The van der Waals surface area contributed by atoms with E-state index < -0.39 is 0 Å². The van der Waals surface area contributed by atoms with Crippen molar-refractivity contribution in [2.45, 2.75) is 19.8 Å². The number of methoxy groups -OCH3 is 1. The molecule has 0 radical (unpaired) electrons. The van der Waals surface area contributed by atoms with Gasteiger partial charge >= 0.3 is 0 Å². The molecule has 0 aliphatic carbocycles. The Labute approximate surface area is 99.1 Å². The van der Waals surface area contributed by atoms with Gasteiger partial charge in [-0.3, -0.25) is 0 Å². The summed E-state index contributed by atoms with van der Waals surface area (Å²) in [5.41, 5.74) is 6.10. The van der Waals surface area contributed by atoms with Crippen LogP contribution >= 0.6 is 0 Å². The molecule has 1 aliphatic rings. The second-order valence-corrected chi connectivity index (χ2v) is 4.72. The molecular formula is C12H26N2O2. The Morgan fingerprint density at radius 1 is 1.50 bits per heavy atom. The summed E-state index contributed by atoms with van der Waals surface area (Å²) in [6, 6.07) is 0. The van der Waals surface area contributed by atoms with Gasteiger partial charge in [0.05, 0.1) is 13.2 Å². The molecule has 4 nitrogen and oxygen atoms in total. The van der Waals surface area contributed by atoms with Gasteiger partial charge in [0.2, 0.25) is 0 Å². The molecule has 1 unspecified atom stereocenters. The summed E-state index contributed by atoms with van der Waals surface area (Å²) < 4.78 is 10.7. The van der Waals surface area contributed by atoms with Crippen LogP contribution in [0.2, 0.25) is 0 Å². The molecule has 1 fully saturated rings. The van der Waals surface area contributed by atoms with Crippen LogP contribution < -0.4 is 5.73 Å². The Kier molecular flexibility index (Phi) is 6.28. The van der Waals surface area contributed by atoms with E-state index in [0.29, 0.717) is 0 Å². The fourth-order valence-corrected chi connectivity index (χ4v) is 2.30. The Morgan fingerprint density at radius 3 is 2.81 bits per heavy atom. The fraction of sp³-hybridized carbons (Fsp3) is 1.00. The maximum absolute atomic E-state index is 5.93. The van der Waals surface area contributed by atoms with Crippen molar-refractivity contribution < 1.29 is 9.47 Å². The van der Waals surface area contributed by atoms with Gasteiger partial charge in [-0.2, -0.15) is 0 Å². The lowest BCUT2D eigenvalue weighted by Gasteiger charge is -2.39. The van der Waals surface area contributed by atoms with Crippen LogP contribution in [0.5, 0.6) is 0 Å². The summed E-state index contributed by atoms with van der Waals surface area (Å²) in [6.07, 6.45) is 2.33. The molecule has 96 valence electrons. The molecule has 1 heterocycles. The number of hydrogen-bond donors (Lipinski definition) is 1. The van der Waals surface area contributed by atoms with Crippen LogP contribution in [-0.2, 0) is 9.47 Å². The number of nitrogens with two attached hydrogens (primary N) is 1. The van der Waals surface area contributed by atoms with Crippen LogP contribution in [0, 0.1) is 5.41 Å². The van der Waals surface area contributed by atoms with Gasteiger partial charge in [0.1, 0.15) is 0 Å². The van der Waals surface area contributed by atoms with E-state index in [1.54, 1.807) is 7.11 Å². The van der Waals surface area contributed by atoms with Crippen molar-refractivity contribution in [3.05, 3.63) is 0 Å². The molecule has 0 aromatic carbocycles. The van der Waals surface area contributed by atoms with E-state index in [2.05, 4.69) is 11.8 Å². The highest BCUT2D eigenvalue weighted by Crippen LogP contribution is 2.28. The first kappa shape index (κ1) is 13.9. The Balaban J connectivity index is 2.45. The molecule has 0 aromatic heterocycles. The zero-order valence-corrected chi connectivity index (χ0v) is 10.7. The summed E-state index contributed by atoms with van der Waals surface area (Å²) >= 11 is 0. The van der Waals surface area contributed by atoms with E-state index in [-0.39, 0.29) is 5.41 Å². The molecular weight excluding hydrogens is 204 g/mol. The molecule has 0 amide bonds. The first-order chi connectivity index (χ1) is 7.76. The molecule has 1 aliphatic heterocycles. The smallest absolute Gasteiger partial charge is 0.0589 e. The number of hydrogen-bond acceptors (Lipinski definition) is 4. The van der Waals surface area contributed by atoms with Gasteiger partial charge in [-0.05, 0) is 19.4 Å². The van der Waals surface area contributed by atoms with Crippen molar-refractivity contribution >= 4 is 0 Å². The van der Waals surface area contributed by atoms with E-state index in [1.165, 1.54) is 6.42 Å². The molecule has 0 spiro atoms. The third-order valence-corrected chi connectivity index (χ3v) is 3.45. The second kappa shape index (κ2) is 7.22. The largest absolute Gasteiger partial charge is 0.383 e. The molecule has 0 bridgehead atoms. The third kappa shape index (κ3) is 4.01. The van der Waals surface area contributed by atoms with E-state index in [0.717, 1.165) is 52.4 Å². The van der Waals surface area contributed by atoms with E-state index in [1.807, 2.05) is 0 Å². The van der Waals surface area contributed by atoms with Crippen LogP contribution in [0.1, 0.15) is 19.8 Å². The maximum atomic E-state index is 5.93. The zero-order chi connectivity index (χ0) is 11.9. The number of likely N-dealkylation sites (N-methyl/N-ethyl adjacent to an activating group) is 1. The lowest BCUT2D eigenvalue weighted by atomic mass is 9.82. The molecule has 1 atom stereocenters. The van der Waals surface area contributed by atoms with Crippen LogP contribution in [-0.4, -0.2) is 58.0 Å². The minimum Gasteiger partial charge on any atom is -0.383 e. The van der Waals surface area contributed by atoms with Crippen LogP contribution in [0.25, 0.3) is 0 Å². The average Bonchev–Trinajstić information content (AvgIpc) is 2.35. The van der Waals surface area contributed by atoms with Crippen LogP contribution in [0.4, 0.5) is 0 Å². The highest BCUT2D eigenvalue weighted by atomic mass is 16.5. The lowest BCUT2D eigenvalue weighted by molar-refractivity contribution is -0.0237. The van der Waals surface area contributed by atoms with Crippen molar-refractivity contribution in [2.75, 3.05) is 53.1 Å². The van der Waals surface area contributed by atoms with E-state index in [4.69, 9.17) is 15.2 Å². The van der Waals surface area contributed by atoms with Crippen molar-refractivity contribution in [3.63, 3.8) is 0 Å². The standard InChI is InChI=1S/C12H26N2O2/c1-3-14(6-8-15-2)10-12(9-13)5-4-7-16-11-12/h3-11,13H2,1-2H3. The molecule has 0 aromatic rings. The van der Waals surface area contributed by atoms with Gasteiger partial charge < -0.3 is 20.1 Å². The van der Waals surface area contributed by atoms with Gasteiger partial charge in [-0.1, -0.05) is 6.92 Å². The average molecular weight is 230 g/mol. The predicted octanol–water partition coefficient (Wildman–Crippen LogP) is 0.710. The highest BCUT2D eigenvalue weighted by Gasteiger charge is 2.33. The summed E-state index contributed by atoms with van der Waals surface area (Å²) in [7, 11) is 1.75. The first-order valence-corrected chi connectivity index (χ1v) is 6.25. The molecule has 0 saturated carbocycles. The van der Waals surface area contributed by atoms with E-state index >= 15 is 0 Å². The van der Waals surface area contributed by atoms with Crippen molar-refractivity contribution in [2.24, 2.45) is 11.1 Å². The first-order valence-electron chi connectivity index (χ1n) is 6.25. The quantitative estimate of drug-likeness (QED) is 0.700. The SMILES string of the molecule is CCN(CCOC)CC1(CN)CCCOC1. The zero-order valence-electron chi connectivity index (χ0n) is 10.7. The van der Waals surface area contributed by atoms with Crippen molar-refractivity contribution in [1.29, 1.82) is 0 Å². The molecule has 2 N–H and O–H groups in total. The number of ether oxygens (including phenoxy) is 2. The maximum Gasteiger partial charge on any atom is 0.0589 e. The topological polar surface area (TPSA) is 47.7 Å². The number of rotatable bonds is 7. The summed E-state index contributed by atoms with van der Waals surface area (Å²) in [5, 5.41) is 0. The Morgan fingerprint density at radius 2 is 2.31 bits per heavy atom.